The van der Waals surface area contributed by atoms with Gasteiger partial charge in [-0.1, -0.05) is 379 Å². The van der Waals surface area contributed by atoms with E-state index in [1.165, 1.54) is 308 Å². The first kappa shape index (κ1) is 79.9. The molecule has 0 aliphatic rings. The Hall–Kier alpha value is -2.11. The number of carbonyl (C=O) groups excluding carboxylic acids is 3. The normalized spacial score (nSPS) is 12.1. The molecule has 0 spiro atoms. The molecule has 0 saturated heterocycles. The Morgan fingerprint density at radius 1 is 0.244 bits per heavy atom. The molecule has 0 bridgehead atoms. The van der Waals surface area contributed by atoms with Gasteiger partial charge in [0.15, 0.2) is 6.10 Å². The summed E-state index contributed by atoms with van der Waals surface area (Å²) in [5.41, 5.74) is 0. The molecule has 82 heavy (non-hydrogen) atoms. The first-order valence-electron chi connectivity index (χ1n) is 37.3. The Kier molecular flexibility index (Phi) is 69.5. The quantitative estimate of drug-likeness (QED) is 0.0261. The van der Waals surface area contributed by atoms with Crippen LogP contribution < -0.4 is 0 Å². The molecule has 0 saturated carbocycles. The van der Waals surface area contributed by atoms with Crippen LogP contribution in [0, 0.1) is 0 Å². The molecule has 484 valence electrons. The standard InChI is InChI=1S/C76H144O6/c1-4-7-10-13-16-19-22-25-28-31-32-33-34-35-36-37-38-39-40-41-42-43-44-45-46-49-51-54-57-60-63-66-69-75(78)81-72-73(82-76(79)70-67-64-61-58-55-52-48-30-27-24-21-18-15-12-9-6-3)71-80-74(77)68-65-62-59-56-53-50-47-29-26-23-20-17-14-11-8-5-2/h21,24,30,48,73H,4-20,22-23,25-29,31-47,49-72H2,1-3H3/b24-21-,48-30-. The Morgan fingerprint density at radius 2 is 0.439 bits per heavy atom. The van der Waals surface area contributed by atoms with Crippen molar-refractivity contribution in [3.8, 4) is 0 Å². The van der Waals surface area contributed by atoms with Gasteiger partial charge in [-0.2, -0.15) is 0 Å². The lowest BCUT2D eigenvalue weighted by Gasteiger charge is -2.18. The van der Waals surface area contributed by atoms with Gasteiger partial charge in [0, 0.05) is 19.3 Å². The average Bonchev–Trinajstić information content (AvgIpc) is 3.47. The van der Waals surface area contributed by atoms with E-state index in [1.54, 1.807) is 0 Å². The van der Waals surface area contributed by atoms with E-state index in [0.717, 1.165) is 77.0 Å². The number of carbonyl (C=O) groups is 3. The van der Waals surface area contributed by atoms with Gasteiger partial charge in [-0.25, -0.2) is 0 Å². The molecule has 0 aromatic heterocycles. The molecule has 1 unspecified atom stereocenters. The number of unbranched alkanes of at least 4 members (excludes halogenated alkanes) is 55. The summed E-state index contributed by atoms with van der Waals surface area (Å²) in [6, 6.07) is 0. The van der Waals surface area contributed by atoms with Crippen LogP contribution in [0.5, 0.6) is 0 Å². The van der Waals surface area contributed by atoms with E-state index >= 15 is 0 Å². The summed E-state index contributed by atoms with van der Waals surface area (Å²) >= 11 is 0. The molecular formula is C76H144O6. The molecule has 0 radical (unpaired) electrons. The predicted molar refractivity (Wildman–Crippen MR) is 358 cm³/mol. The number of allylic oxidation sites excluding steroid dienone is 4. The van der Waals surface area contributed by atoms with Crippen LogP contribution in [0.2, 0.25) is 0 Å². The zero-order valence-corrected chi connectivity index (χ0v) is 55.8. The monoisotopic (exact) mass is 1150 g/mol. The van der Waals surface area contributed by atoms with Crippen molar-refractivity contribution >= 4 is 17.9 Å². The molecule has 0 N–H and O–H groups in total. The Bertz CT molecular complexity index is 1320. The third-order valence-corrected chi connectivity index (χ3v) is 17.2. The van der Waals surface area contributed by atoms with Gasteiger partial charge in [-0.05, 0) is 51.4 Å². The van der Waals surface area contributed by atoms with Gasteiger partial charge < -0.3 is 14.2 Å². The van der Waals surface area contributed by atoms with Gasteiger partial charge in [0.2, 0.25) is 0 Å². The maximum absolute atomic E-state index is 12.9. The summed E-state index contributed by atoms with van der Waals surface area (Å²) in [5.74, 6) is -0.851. The van der Waals surface area contributed by atoms with Crippen LogP contribution in [0.1, 0.15) is 425 Å². The van der Waals surface area contributed by atoms with Gasteiger partial charge in [-0.15, -0.1) is 0 Å². The molecule has 0 aromatic carbocycles. The van der Waals surface area contributed by atoms with Gasteiger partial charge in [0.25, 0.3) is 0 Å². The highest BCUT2D eigenvalue weighted by Gasteiger charge is 2.20. The van der Waals surface area contributed by atoms with Crippen molar-refractivity contribution in [1.29, 1.82) is 0 Å². The van der Waals surface area contributed by atoms with Crippen LogP contribution in [0.4, 0.5) is 0 Å². The zero-order chi connectivity index (χ0) is 59.2. The minimum atomic E-state index is -0.776. The summed E-state index contributed by atoms with van der Waals surface area (Å²) in [5, 5.41) is 0. The van der Waals surface area contributed by atoms with E-state index in [1.807, 2.05) is 0 Å². The number of hydrogen-bond acceptors (Lipinski definition) is 6. The first-order valence-corrected chi connectivity index (χ1v) is 37.3. The van der Waals surface area contributed by atoms with Crippen molar-refractivity contribution in [2.75, 3.05) is 13.2 Å². The van der Waals surface area contributed by atoms with Crippen molar-refractivity contribution in [3.63, 3.8) is 0 Å². The molecule has 0 aromatic rings. The minimum Gasteiger partial charge on any atom is -0.462 e. The first-order chi connectivity index (χ1) is 40.5. The lowest BCUT2D eigenvalue weighted by atomic mass is 10.0. The van der Waals surface area contributed by atoms with E-state index in [-0.39, 0.29) is 31.1 Å². The SMILES string of the molecule is CCCCCC/C=C\C/C=C\CCCCCCCC(=O)OC(COC(=O)CCCCCCCCCCCCCCCCCC)COC(=O)CCCCCCCCCCCCCCCCCCCCCCCCCCCCCCCCCC. The van der Waals surface area contributed by atoms with E-state index in [9.17, 15) is 14.4 Å². The van der Waals surface area contributed by atoms with Crippen LogP contribution in [0.3, 0.4) is 0 Å². The predicted octanol–water partition coefficient (Wildman–Crippen LogP) is 25.7. The molecule has 0 fully saturated rings. The van der Waals surface area contributed by atoms with Crippen LogP contribution in [0.15, 0.2) is 24.3 Å². The molecule has 0 aliphatic carbocycles. The van der Waals surface area contributed by atoms with Crippen molar-refractivity contribution in [2.45, 2.75) is 431 Å². The molecule has 0 heterocycles. The lowest BCUT2D eigenvalue weighted by molar-refractivity contribution is -0.167. The third kappa shape index (κ3) is 68.7. The molecule has 6 nitrogen and oxygen atoms in total. The smallest absolute Gasteiger partial charge is 0.306 e. The zero-order valence-electron chi connectivity index (χ0n) is 55.8. The molecular weight excluding hydrogens is 1010 g/mol. The minimum absolute atomic E-state index is 0.0706. The summed E-state index contributed by atoms with van der Waals surface area (Å²) in [7, 11) is 0. The third-order valence-electron chi connectivity index (χ3n) is 17.2. The molecule has 6 heteroatoms. The Balaban J connectivity index is 4.13. The highest BCUT2D eigenvalue weighted by molar-refractivity contribution is 5.71. The van der Waals surface area contributed by atoms with Gasteiger partial charge in [0.1, 0.15) is 13.2 Å². The van der Waals surface area contributed by atoms with Gasteiger partial charge in [-0.3, -0.25) is 14.4 Å². The maximum Gasteiger partial charge on any atom is 0.306 e. The van der Waals surface area contributed by atoms with E-state index < -0.39 is 6.10 Å². The summed E-state index contributed by atoms with van der Waals surface area (Å²) in [6.45, 7) is 6.70. The summed E-state index contributed by atoms with van der Waals surface area (Å²) in [4.78, 5) is 38.4. The fraction of sp³-hybridized carbons (Fsp3) is 0.908. The number of hydrogen-bond donors (Lipinski definition) is 0. The second-order valence-corrected chi connectivity index (χ2v) is 25.6. The average molecular weight is 1150 g/mol. The second-order valence-electron chi connectivity index (χ2n) is 25.6. The van der Waals surface area contributed by atoms with Crippen LogP contribution in [-0.2, 0) is 28.6 Å². The van der Waals surface area contributed by atoms with E-state index in [2.05, 4.69) is 45.1 Å². The molecule has 0 rings (SSSR count). The fourth-order valence-electron chi connectivity index (χ4n) is 11.6. The lowest BCUT2D eigenvalue weighted by Crippen LogP contribution is -2.30. The number of ether oxygens (including phenoxy) is 3. The molecule has 1 atom stereocenters. The Labute approximate surface area is 513 Å². The van der Waals surface area contributed by atoms with Crippen molar-refractivity contribution in [3.05, 3.63) is 24.3 Å². The number of rotatable bonds is 70. The number of esters is 3. The summed E-state index contributed by atoms with van der Waals surface area (Å²) in [6.07, 6.45) is 88.0. The van der Waals surface area contributed by atoms with Gasteiger partial charge in [0.05, 0.1) is 0 Å². The van der Waals surface area contributed by atoms with Gasteiger partial charge >= 0.3 is 17.9 Å². The van der Waals surface area contributed by atoms with Crippen molar-refractivity contribution in [1.82, 2.24) is 0 Å². The van der Waals surface area contributed by atoms with Crippen LogP contribution in [0.25, 0.3) is 0 Å². The summed E-state index contributed by atoms with van der Waals surface area (Å²) < 4.78 is 17.0. The largest absolute Gasteiger partial charge is 0.462 e. The van der Waals surface area contributed by atoms with Crippen LogP contribution >= 0.6 is 0 Å². The highest BCUT2D eigenvalue weighted by atomic mass is 16.6. The van der Waals surface area contributed by atoms with Crippen molar-refractivity contribution in [2.24, 2.45) is 0 Å². The van der Waals surface area contributed by atoms with E-state index in [4.69, 9.17) is 14.2 Å². The molecule has 0 aliphatic heterocycles. The topological polar surface area (TPSA) is 78.9 Å². The molecule has 0 amide bonds. The van der Waals surface area contributed by atoms with Crippen LogP contribution in [-0.4, -0.2) is 37.2 Å². The second kappa shape index (κ2) is 71.4. The highest BCUT2D eigenvalue weighted by Crippen LogP contribution is 2.19. The fourth-order valence-corrected chi connectivity index (χ4v) is 11.6. The van der Waals surface area contributed by atoms with E-state index in [0.29, 0.717) is 19.3 Å². The van der Waals surface area contributed by atoms with Crippen molar-refractivity contribution < 1.29 is 28.6 Å². The maximum atomic E-state index is 12.9. The Morgan fingerprint density at radius 3 is 0.683 bits per heavy atom.